The Hall–Kier alpha value is -2.63. The molecule has 162 valence electrons. The lowest BCUT2D eigenvalue weighted by molar-refractivity contribution is 0.323. The Morgan fingerprint density at radius 3 is 2.55 bits per heavy atom. The lowest BCUT2D eigenvalue weighted by Gasteiger charge is -2.22. The fourth-order valence-electron chi connectivity index (χ4n) is 4.41. The molecule has 1 atom stereocenters. The van der Waals surface area contributed by atoms with Crippen molar-refractivity contribution in [3.8, 4) is 16.9 Å². The lowest BCUT2D eigenvalue weighted by atomic mass is 9.91. The molecule has 4 aromatic rings. The van der Waals surface area contributed by atoms with Crippen molar-refractivity contribution < 1.29 is 4.74 Å². The van der Waals surface area contributed by atoms with E-state index in [-0.39, 0.29) is 5.56 Å². The summed E-state index contributed by atoms with van der Waals surface area (Å²) in [4.78, 5) is 18.1. The topological polar surface area (TPSA) is 45.3 Å². The number of fused-ring (bicyclic) bond motifs is 3. The highest BCUT2D eigenvalue weighted by Crippen LogP contribution is 2.42. The summed E-state index contributed by atoms with van der Waals surface area (Å²) in [5.41, 5.74) is 5.35. The van der Waals surface area contributed by atoms with Crippen molar-refractivity contribution in [2.45, 2.75) is 33.1 Å². The summed E-state index contributed by atoms with van der Waals surface area (Å²) in [6.45, 7) is 8.57. The number of aromatic amines is 1. The zero-order valence-electron chi connectivity index (χ0n) is 18.9. The number of aromatic nitrogens is 1. The van der Waals surface area contributed by atoms with Crippen molar-refractivity contribution in [2.75, 3.05) is 27.2 Å². The van der Waals surface area contributed by atoms with Gasteiger partial charge in [-0.2, -0.15) is 0 Å². The average molecular weight is 435 g/mol. The summed E-state index contributed by atoms with van der Waals surface area (Å²) >= 11 is 1.48. The van der Waals surface area contributed by atoms with E-state index in [1.165, 1.54) is 16.9 Å². The normalized spacial score (nSPS) is 12.7. The number of ether oxygens (including phenoxy) is 1. The third-order valence-corrected chi connectivity index (χ3v) is 7.24. The minimum Gasteiger partial charge on any atom is -0.496 e. The second-order valence-corrected chi connectivity index (χ2v) is 9.14. The van der Waals surface area contributed by atoms with Crippen LogP contribution in [0.25, 0.3) is 32.1 Å². The van der Waals surface area contributed by atoms with Gasteiger partial charge in [-0.05, 0) is 67.1 Å². The number of aryl methyl sites for hydroxylation is 1. The van der Waals surface area contributed by atoms with Crippen LogP contribution in [0.15, 0.2) is 46.6 Å². The predicted octanol–water partition coefficient (Wildman–Crippen LogP) is 6.17. The molecule has 5 heteroatoms. The molecule has 0 aliphatic rings. The monoisotopic (exact) mass is 434 g/mol. The molecule has 0 aliphatic heterocycles. The van der Waals surface area contributed by atoms with Crippen molar-refractivity contribution >= 4 is 32.3 Å². The largest absolute Gasteiger partial charge is 0.496 e. The van der Waals surface area contributed by atoms with Gasteiger partial charge in [-0.15, -0.1) is 11.3 Å². The van der Waals surface area contributed by atoms with E-state index >= 15 is 0 Å². The third-order valence-electron chi connectivity index (χ3n) is 6.32. The summed E-state index contributed by atoms with van der Waals surface area (Å²) in [6, 6.07) is 12.9. The minimum atomic E-state index is -0.0297. The van der Waals surface area contributed by atoms with Crippen molar-refractivity contribution in [1.29, 1.82) is 0 Å². The number of H-pyrrole nitrogens is 1. The number of nitrogens with zero attached hydrogens (tertiary/aromatic N) is 1. The molecule has 2 heterocycles. The van der Waals surface area contributed by atoms with Crippen LogP contribution in [0.2, 0.25) is 0 Å². The van der Waals surface area contributed by atoms with E-state index in [4.69, 9.17) is 4.74 Å². The number of likely N-dealkylation sites (N-methyl/N-ethyl adjacent to an activating group) is 1. The molecule has 0 saturated carbocycles. The Morgan fingerprint density at radius 1 is 1.16 bits per heavy atom. The third kappa shape index (κ3) is 3.88. The first-order valence-electron chi connectivity index (χ1n) is 10.9. The van der Waals surface area contributed by atoms with Crippen LogP contribution >= 0.6 is 11.3 Å². The van der Waals surface area contributed by atoms with Crippen molar-refractivity contribution in [3.05, 3.63) is 63.3 Å². The zero-order chi connectivity index (χ0) is 22.1. The molecule has 0 unspecified atom stereocenters. The Balaban J connectivity index is 1.90. The van der Waals surface area contributed by atoms with Gasteiger partial charge >= 0.3 is 0 Å². The Bertz CT molecular complexity index is 1270. The van der Waals surface area contributed by atoms with Crippen LogP contribution in [0.3, 0.4) is 0 Å². The van der Waals surface area contributed by atoms with Gasteiger partial charge in [0, 0.05) is 22.9 Å². The Kier molecular flexibility index (Phi) is 6.17. The van der Waals surface area contributed by atoms with Crippen LogP contribution < -0.4 is 10.3 Å². The number of methoxy groups -OCH3 is 1. The molecule has 4 nitrogen and oxygen atoms in total. The maximum atomic E-state index is 12.6. The van der Waals surface area contributed by atoms with Gasteiger partial charge in [-0.3, -0.25) is 4.79 Å². The van der Waals surface area contributed by atoms with Gasteiger partial charge in [0.2, 0.25) is 0 Å². The first-order chi connectivity index (χ1) is 15.0. The fraction of sp³-hybridized carbons (Fsp3) is 0.346. The number of pyridine rings is 1. The smallest absolute Gasteiger partial charge is 0.266 e. The Morgan fingerprint density at radius 2 is 1.90 bits per heavy atom. The summed E-state index contributed by atoms with van der Waals surface area (Å²) in [5, 5.41) is 4.02. The maximum absolute atomic E-state index is 12.6. The second kappa shape index (κ2) is 8.85. The number of hydrogen-bond acceptors (Lipinski definition) is 4. The van der Waals surface area contributed by atoms with Crippen LogP contribution in [0.4, 0.5) is 0 Å². The average Bonchev–Trinajstić information content (AvgIpc) is 3.28. The summed E-state index contributed by atoms with van der Waals surface area (Å²) in [7, 11) is 3.88. The maximum Gasteiger partial charge on any atom is 0.266 e. The van der Waals surface area contributed by atoms with Gasteiger partial charge in [-0.1, -0.05) is 38.1 Å². The molecular weight excluding hydrogens is 404 g/mol. The lowest BCUT2D eigenvalue weighted by Crippen LogP contribution is -2.24. The van der Waals surface area contributed by atoms with Crippen molar-refractivity contribution in [1.82, 2.24) is 9.88 Å². The van der Waals surface area contributed by atoms with E-state index in [2.05, 4.69) is 55.0 Å². The molecule has 0 saturated heterocycles. The number of benzene rings is 2. The van der Waals surface area contributed by atoms with Crippen LogP contribution in [-0.4, -0.2) is 37.1 Å². The number of thiophene rings is 1. The molecular formula is C26H30N2O2S. The van der Waals surface area contributed by atoms with E-state index in [1.807, 2.05) is 24.4 Å². The Labute approximate surface area is 187 Å². The molecule has 1 N–H and O–H groups in total. The highest BCUT2D eigenvalue weighted by molar-refractivity contribution is 7.17. The van der Waals surface area contributed by atoms with Gasteiger partial charge in [0.1, 0.15) is 10.4 Å². The molecule has 0 fully saturated rings. The summed E-state index contributed by atoms with van der Waals surface area (Å²) in [5.74, 6) is 1.34. The first kappa shape index (κ1) is 21.6. The van der Waals surface area contributed by atoms with Crippen LogP contribution in [0.5, 0.6) is 5.75 Å². The highest BCUT2D eigenvalue weighted by atomic mass is 32.1. The van der Waals surface area contributed by atoms with Crippen LogP contribution in [-0.2, 0) is 0 Å². The quantitative estimate of drug-likeness (QED) is 0.378. The van der Waals surface area contributed by atoms with Gasteiger partial charge in [0.05, 0.1) is 12.6 Å². The highest BCUT2D eigenvalue weighted by Gasteiger charge is 2.19. The van der Waals surface area contributed by atoms with E-state index in [0.717, 1.165) is 62.9 Å². The number of nitrogens with one attached hydrogen (secondary N) is 1. The van der Waals surface area contributed by atoms with E-state index < -0.39 is 0 Å². The second-order valence-electron chi connectivity index (χ2n) is 8.22. The van der Waals surface area contributed by atoms with E-state index in [1.54, 1.807) is 7.11 Å². The predicted molar refractivity (Wildman–Crippen MR) is 133 cm³/mol. The fourth-order valence-corrected chi connectivity index (χ4v) is 5.21. The van der Waals surface area contributed by atoms with Crippen LogP contribution in [0, 0.1) is 6.92 Å². The molecule has 31 heavy (non-hydrogen) atoms. The molecule has 0 spiro atoms. The van der Waals surface area contributed by atoms with E-state index in [0.29, 0.717) is 5.92 Å². The standard InChI is InChI=1S/C26H30N2O2S/c1-6-17(15-28(4)7-2)18-8-10-19(11-9-18)22-21(30-5)14-16(3)24-23(22)20-12-13-31-25(20)26(29)27-24/h8-14,17H,6-7,15H2,1-5H3,(H,27,29)/t17-/m0/s1. The molecule has 0 bridgehead atoms. The minimum absolute atomic E-state index is 0.0297. The van der Waals surface area contributed by atoms with Gasteiger partial charge in [-0.25, -0.2) is 0 Å². The van der Waals surface area contributed by atoms with Gasteiger partial charge in [0.25, 0.3) is 5.56 Å². The van der Waals surface area contributed by atoms with Crippen molar-refractivity contribution in [2.24, 2.45) is 0 Å². The van der Waals surface area contributed by atoms with Gasteiger partial charge < -0.3 is 14.6 Å². The molecule has 2 aromatic heterocycles. The first-order valence-corrected chi connectivity index (χ1v) is 11.8. The SMILES string of the molecule is CC[C@@H](CN(C)CC)c1ccc(-c2c(OC)cc(C)c3[nH]c(=O)c4sccc4c23)cc1. The molecule has 0 amide bonds. The van der Waals surface area contributed by atoms with Crippen molar-refractivity contribution in [3.63, 3.8) is 0 Å². The summed E-state index contributed by atoms with van der Waals surface area (Å²) in [6.07, 6.45) is 1.11. The molecule has 4 rings (SSSR count). The zero-order valence-corrected chi connectivity index (χ0v) is 19.7. The number of hydrogen-bond donors (Lipinski definition) is 1. The van der Waals surface area contributed by atoms with Crippen LogP contribution in [0.1, 0.15) is 37.3 Å². The summed E-state index contributed by atoms with van der Waals surface area (Å²) < 4.78 is 6.57. The van der Waals surface area contributed by atoms with E-state index in [9.17, 15) is 4.79 Å². The molecule has 0 aliphatic carbocycles. The molecule has 2 aromatic carbocycles. The molecule has 0 radical (unpaired) electrons. The van der Waals surface area contributed by atoms with Gasteiger partial charge in [0.15, 0.2) is 0 Å². The number of rotatable bonds is 7.